The molecule has 0 bridgehead atoms. The van der Waals surface area contributed by atoms with Gasteiger partial charge in [0, 0.05) is 4.70 Å². The topological polar surface area (TPSA) is 37.3 Å². The molecule has 0 fully saturated rings. The first-order chi connectivity index (χ1) is 7.90. The van der Waals surface area contributed by atoms with E-state index in [9.17, 15) is 9.18 Å². The highest BCUT2D eigenvalue weighted by Gasteiger charge is 2.28. The van der Waals surface area contributed by atoms with Crippen LogP contribution < -0.4 is 0 Å². The molecule has 2 nitrogen and oxygen atoms in total. The maximum Gasteiger partial charge on any atom is 0.309 e. The molecule has 1 N–H and O–H groups in total. The zero-order valence-electron chi connectivity index (χ0n) is 9.66. The Labute approximate surface area is 103 Å². The molecule has 2 aromatic rings. The molecule has 0 amide bonds. The molecule has 17 heavy (non-hydrogen) atoms. The summed E-state index contributed by atoms with van der Waals surface area (Å²) >= 11 is 1.45. The smallest absolute Gasteiger partial charge is 0.309 e. The van der Waals surface area contributed by atoms with E-state index in [0.717, 1.165) is 15.6 Å². The van der Waals surface area contributed by atoms with Gasteiger partial charge in [0.1, 0.15) is 5.82 Å². The number of rotatable bonds is 3. The molecule has 1 aromatic heterocycles. The van der Waals surface area contributed by atoms with Crippen LogP contribution >= 0.6 is 11.3 Å². The predicted molar refractivity (Wildman–Crippen MR) is 66.9 cm³/mol. The van der Waals surface area contributed by atoms with Gasteiger partial charge in [-0.05, 0) is 48.7 Å². The van der Waals surface area contributed by atoms with Gasteiger partial charge in [-0.1, -0.05) is 6.07 Å². The van der Waals surface area contributed by atoms with E-state index in [4.69, 9.17) is 5.11 Å². The summed E-state index contributed by atoms with van der Waals surface area (Å²) in [6.07, 6.45) is 0.452. The van der Waals surface area contributed by atoms with Crippen LogP contribution in [-0.4, -0.2) is 11.1 Å². The molecule has 0 spiro atoms. The van der Waals surface area contributed by atoms with Gasteiger partial charge in [0.25, 0.3) is 0 Å². The van der Waals surface area contributed by atoms with Crippen LogP contribution in [0, 0.1) is 11.2 Å². The Kier molecular flexibility index (Phi) is 2.91. The Morgan fingerprint density at radius 3 is 2.82 bits per heavy atom. The summed E-state index contributed by atoms with van der Waals surface area (Å²) in [7, 11) is 0. The predicted octanol–water partition coefficient (Wildman–Crippen LogP) is 3.69. The lowest BCUT2D eigenvalue weighted by atomic mass is 9.86. The van der Waals surface area contributed by atoms with E-state index in [-0.39, 0.29) is 5.82 Å². The van der Waals surface area contributed by atoms with Crippen molar-refractivity contribution in [1.29, 1.82) is 0 Å². The Morgan fingerprint density at radius 2 is 2.18 bits per heavy atom. The molecule has 0 aliphatic heterocycles. The molecular formula is C13H13FO2S. The molecule has 0 atom stereocenters. The van der Waals surface area contributed by atoms with Crippen LogP contribution in [0.2, 0.25) is 0 Å². The number of aliphatic carboxylic acids is 1. The summed E-state index contributed by atoms with van der Waals surface area (Å²) in [4.78, 5) is 11.1. The molecule has 0 saturated heterocycles. The minimum absolute atomic E-state index is 0.261. The van der Waals surface area contributed by atoms with Crippen molar-refractivity contribution in [2.75, 3.05) is 0 Å². The lowest BCUT2D eigenvalue weighted by molar-refractivity contribution is -0.146. The first kappa shape index (κ1) is 12.0. The van der Waals surface area contributed by atoms with Crippen LogP contribution in [0.5, 0.6) is 0 Å². The highest BCUT2D eigenvalue weighted by molar-refractivity contribution is 7.17. The maximum absolute atomic E-state index is 13.0. The van der Waals surface area contributed by atoms with Crippen LogP contribution in [0.1, 0.15) is 19.4 Å². The fourth-order valence-electron chi connectivity index (χ4n) is 1.75. The second kappa shape index (κ2) is 4.11. The number of carboxylic acids is 1. The average Bonchev–Trinajstić information content (AvgIpc) is 2.60. The van der Waals surface area contributed by atoms with E-state index in [1.54, 1.807) is 19.9 Å². The second-order valence-corrected chi connectivity index (χ2v) is 5.68. The number of hydrogen-bond acceptors (Lipinski definition) is 2. The number of thiophene rings is 1. The molecule has 2 rings (SSSR count). The van der Waals surface area contributed by atoms with Gasteiger partial charge >= 0.3 is 5.97 Å². The van der Waals surface area contributed by atoms with Crippen molar-refractivity contribution in [2.24, 2.45) is 5.41 Å². The van der Waals surface area contributed by atoms with Gasteiger partial charge in [-0.2, -0.15) is 0 Å². The lowest BCUT2D eigenvalue weighted by Gasteiger charge is -2.18. The first-order valence-electron chi connectivity index (χ1n) is 5.29. The molecular weight excluding hydrogens is 239 g/mol. The van der Waals surface area contributed by atoms with Crippen LogP contribution in [0.4, 0.5) is 4.39 Å². The third-order valence-electron chi connectivity index (χ3n) is 2.83. The number of carbonyl (C=O) groups is 1. The number of fused-ring (bicyclic) bond motifs is 1. The summed E-state index contributed by atoms with van der Waals surface area (Å²) in [5, 5.41) is 12.0. The van der Waals surface area contributed by atoms with Crippen molar-refractivity contribution in [3.63, 3.8) is 0 Å². The van der Waals surface area contributed by atoms with E-state index in [1.165, 1.54) is 23.5 Å². The van der Waals surface area contributed by atoms with E-state index in [2.05, 4.69) is 0 Å². The molecule has 0 radical (unpaired) electrons. The average molecular weight is 252 g/mol. The third-order valence-corrected chi connectivity index (χ3v) is 3.82. The van der Waals surface area contributed by atoms with Crippen LogP contribution in [-0.2, 0) is 11.2 Å². The van der Waals surface area contributed by atoms with Gasteiger partial charge in [-0.25, -0.2) is 4.39 Å². The standard InChI is InChI=1S/C13H13FO2S/c1-13(2,12(15)16)6-8-7-17-11-5-9(14)3-4-10(8)11/h3-5,7H,6H2,1-2H3,(H,15,16). The highest BCUT2D eigenvalue weighted by atomic mass is 32.1. The van der Waals surface area contributed by atoms with Crippen molar-refractivity contribution < 1.29 is 14.3 Å². The van der Waals surface area contributed by atoms with Crippen LogP contribution in [0.15, 0.2) is 23.6 Å². The monoisotopic (exact) mass is 252 g/mol. The van der Waals surface area contributed by atoms with Gasteiger partial charge in [0.05, 0.1) is 5.41 Å². The van der Waals surface area contributed by atoms with Crippen molar-refractivity contribution in [3.8, 4) is 0 Å². The molecule has 0 unspecified atom stereocenters. The van der Waals surface area contributed by atoms with Gasteiger partial charge < -0.3 is 5.11 Å². The number of halogens is 1. The normalized spacial score (nSPS) is 11.9. The zero-order chi connectivity index (χ0) is 12.6. The third kappa shape index (κ3) is 2.31. The zero-order valence-corrected chi connectivity index (χ0v) is 10.5. The minimum Gasteiger partial charge on any atom is -0.481 e. The van der Waals surface area contributed by atoms with E-state index in [0.29, 0.717) is 6.42 Å². The lowest BCUT2D eigenvalue weighted by Crippen LogP contribution is -2.25. The van der Waals surface area contributed by atoms with Gasteiger partial charge in [-0.15, -0.1) is 11.3 Å². The Balaban J connectivity index is 2.41. The van der Waals surface area contributed by atoms with E-state index in [1.807, 2.05) is 5.38 Å². The molecule has 0 saturated carbocycles. The summed E-state index contributed by atoms with van der Waals surface area (Å²) in [5.41, 5.74) is 0.167. The molecule has 1 heterocycles. The maximum atomic E-state index is 13.0. The van der Waals surface area contributed by atoms with E-state index < -0.39 is 11.4 Å². The van der Waals surface area contributed by atoms with Crippen molar-refractivity contribution in [3.05, 3.63) is 35.0 Å². The van der Waals surface area contributed by atoms with Crippen LogP contribution in [0.25, 0.3) is 10.1 Å². The number of benzene rings is 1. The quantitative estimate of drug-likeness (QED) is 0.904. The van der Waals surface area contributed by atoms with Gasteiger partial charge in [-0.3, -0.25) is 4.79 Å². The Morgan fingerprint density at radius 1 is 1.47 bits per heavy atom. The van der Waals surface area contributed by atoms with E-state index >= 15 is 0 Å². The van der Waals surface area contributed by atoms with Crippen molar-refractivity contribution in [2.45, 2.75) is 20.3 Å². The van der Waals surface area contributed by atoms with Gasteiger partial charge in [0.15, 0.2) is 0 Å². The second-order valence-electron chi connectivity index (χ2n) is 4.77. The number of carboxylic acid groups (broad SMARTS) is 1. The fourth-order valence-corrected chi connectivity index (χ4v) is 2.73. The highest BCUT2D eigenvalue weighted by Crippen LogP contribution is 2.32. The van der Waals surface area contributed by atoms with Crippen molar-refractivity contribution in [1.82, 2.24) is 0 Å². The molecule has 1 aromatic carbocycles. The summed E-state index contributed by atoms with van der Waals surface area (Å²) in [6.45, 7) is 3.39. The summed E-state index contributed by atoms with van der Waals surface area (Å²) in [6, 6.07) is 4.61. The molecule has 0 aliphatic carbocycles. The largest absolute Gasteiger partial charge is 0.481 e. The Bertz CT molecular complexity index is 572. The first-order valence-corrected chi connectivity index (χ1v) is 6.17. The number of hydrogen-bond donors (Lipinski definition) is 1. The summed E-state index contributed by atoms with van der Waals surface area (Å²) in [5.74, 6) is -1.08. The molecule has 90 valence electrons. The van der Waals surface area contributed by atoms with Crippen LogP contribution in [0.3, 0.4) is 0 Å². The fraction of sp³-hybridized carbons (Fsp3) is 0.308. The molecule has 4 heteroatoms. The van der Waals surface area contributed by atoms with Gasteiger partial charge in [0.2, 0.25) is 0 Å². The Hall–Kier alpha value is -1.42. The molecule has 0 aliphatic rings. The minimum atomic E-state index is -0.820. The summed E-state index contributed by atoms with van der Waals surface area (Å²) < 4.78 is 13.9. The van der Waals surface area contributed by atoms with Crippen molar-refractivity contribution >= 4 is 27.4 Å². The SMILES string of the molecule is CC(C)(Cc1csc2cc(F)ccc12)C(=O)O.